The molecule has 2 bridgehead atoms. The molecule has 2 heterocycles. The van der Waals surface area contributed by atoms with E-state index in [9.17, 15) is 0 Å². The van der Waals surface area contributed by atoms with E-state index in [2.05, 4.69) is 85.9 Å². The normalized spacial score (nSPS) is 33.3. The van der Waals surface area contributed by atoms with Crippen molar-refractivity contribution in [3.05, 3.63) is 59.8 Å². The fraction of sp³-hybridized carbons (Fsp3) is 0.421. The second-order valence-corrected chi connectivity index (χ2v) is 7.13. The van der Waals surface area contributed by atoms with E-state index >= 15 is 0 Å². The van der Waals surface area contributed by atoms with Crippen molar-refractivity contribution in [2.24, 2.45) is 7.05 Å². The van der Waals surface area contributed by atoms with Crippen molar-refractivity contribution in [3.63, 3.8) is 0 Å². The Morgan fingerprint density at radius 1 is 1.05 bits per heavy atom. The molecule has 2 heteroatoms. The van der Waals surface area contributed by atoms with E-state index in [4.69, 9.17) is 0 Å². The third-order valence-corrected chi connectivity index (χ3v) is 5.95. The van der Waals surface area contributed by atoms with Gasteiger partial charge >= 0.3 is 0 Å². The molecule has 2 aromatic rings. The van der Waals surface area contributed by atoms with Gasteiger partial charge in [0.1, 0.15) is 11.6 Å². The van der Waals surface area contributed by atoms with Gasteiger partial charge in [0, 0.05) is 23.5 Å². The predicted octanol–water partition coefficient (Wildman–Crippen LogP) is 3.30. The fourth-order valence-electron chi connectivity index (χ4n) is 4.87. The van der Waals surface area contributed by atoms with Crippen molar-refractivity contribution in [1.82, 2.24) is 0 Å². The summed E-state index contributed by atoms with van der Waals surface area (Å²) >= 11 is 0. The Balaban J connectivity index is 1.96. The van der Waals surface area contributed by atoms with Crippen LogP contribution in [0.4, 0.5) is 5.82 Å². The van der Waals surface area contributed by atoms with Crippen molar-refractivity contribution in [2.75, 3.05) is 4.90 Å². The summed E-state index contributed by atoms with van der Waals surface area (Å²) in [6.07, 6.45) is 3.35. The van der Waals surface area contributed by atoms with Crippen LogP contribution in [0.5, 0.6) is 0 Å². The van der Waals surface area contributed by atoms with Crippen LogP contribution in [-0.4, -0.2) is 6.04 Å². The van der Waals surface area contributed by atoms with Gasteiger partial charge in [-0.2, -0.15) is 0 Å². The highest BCUT2D eigenvalue weighted by Crippen LogP contribution is 2.61. The van der Waals surface area contributed by atoms with Crippen LogP contribution in [0.2, 0.25) is 0 Å². The first-order chi connectivity index (χ1) is 9.98. The molecule has 0 radical (unpaired) electrons. The highest BCUT2D eigenvalue weighted by atomic mass is 15.3. The molecular formula is C19H23N2+. The molecule has 2 nitrogen and oxygen atoms in total. The van der Waals surface area contributed by atoms with Gasteiger partial charge < -0.3 is 0 Å². The highest BCUT2D eigenvalue weighted by Gasteiger charge is 2.66. The number of rotatable bonds is 1. The Morgan fingerprint density at radius 2 is 1.71 bits per heavy atom. The maximum atomic E-state index is 2.63. The van der Waals surface area contributed by atoms with Crippen LogP contribution in [0.3, 0.4) is 0 Å². The quantitative estimate of drug-likeness (QED) is 0.727. The summed E-state index contributed by atoms with van der Waals surface area (Å²) in [5.41, 5.74) is 3.40. The zero-order chi connectivity index (χ0) is 14.8. The molecule has 1 fully saturated rings. The lowest BCUT2D eigenvalue weighted by Gasteiger charge is -2.39. The van der Waals surface area contributed by atoms with E-state index < -0.39 is 0 Å². The van der Waals surface area contributed by atoms with E-state index in [1.54, 1.807) is 5.56 Å². The van der Waals surface area contributed by atoms with Gasteiger partial charge in [0.15, 0.2) is 0 Å². The molecule has 1 aliphatic heterocycles. The van der Waals surface area contributed by atoms with E-state index in [1.807, 2.05) is 0 Å². The highest BCUT2D eigenvalue weighted by molar-refractivity contribution is 5.60. The van der Waals surface area contributed by atoms with E-state index in [1.165, 1.54) is 17.8 Å². The third-order valence-electron chi connectivity index (χ3n) is 5.95. The molecule has 3 atom stereocenters. The molecule has 1 saturated heterocycles. The predicted molar refractivity (Wildman–Crippen MR) is 85.3 cm³/mol. The number of aromatic nitrogens is 1. The van der Waals surface area contributed by atoms with Gasteiger partial charge in [-0.15, -0.1) is 0 Å². The van der Waals surface area contributed by atoms with Gasteiger partial charge in [-0.1, -0.05) is 37.3 Å². The second kappa shape index (κ2) is 3.88. The maximum Gasteiger partial charge on any atom is 0.277 e. The van der Waals surface area contributed by atoms with E-state index in [0.29, 0.717) is 6.04 Å². The Hall–Kier alpha value is -1.83. The van der Waals surface area contributed by atoms with E-state index in [0.717, 1.165) is 0 Å². The average molecular weight is 279 g/mol. The smallest absolute Gasteiger partial charge is 0.249 e. The fourth-order valence-corrected chi connectivity index (χ4v) is 4.87. The van der Waals surface area contributed by atoms with Crippen molar-refractivity contribution in [3.8, 4) is 0 Å². The minimum absolute atomic E-state index is 0.101. The molecule has 3 unspecified atom stereocenters. The van der Waals surface area contributed by atoms with Crippen molar-refractivity contribution < 1.29 is 4.57 Å². The Labute approximate surface area is 127 Å². The maximum absolute atomic E-state index is 2.63. The third kappa shape index (κ3) is 1.40. The molecule has 0 amide bonds. The van der Waals surface area contributed by atoms with Crippen molar-refractivity contribution >= 4 is 5.82 Å². The summed E-state index contributed by atoms with van der Waals surface area (Å²) in [6, 6.07) is 16.0. The van der Waals surface area contributed by atoms with Crippen LogP contribution in [0.1, 0.15) is 38.3 Å². The Kier molecular flexibility index (Phi) is 2.38. The number of anilines is 1. The molecule has 21 heavy (non-hydrogen) atoms. The van der Waals surface area contributed by atoms with Gasteiger partial charge in [0.25, 0.3) is 5.82 Å². The molecule has 4 rings (SSSR count). The molecule has 1 aliphatic carbocycles. The Bertz CT molecular complexity index is 723. The summed E-state index contributed by atoms with van der Waals surface area (Å²) < 4.78 is 2.24. The first-order valence-electron chi connectivity index (χ1n) is 7.82. The van der Waals surface area contributed by atoms with Gasteiger partial charge in [0.2, 0.25) is 0 Å². The molecule has 0 spiro atoms. The number of pyridine rings is 1. The van der Waals surface area contributed by atoms with Crippen molar-refractivity contribution in [2.45, 2.75) is 44.2 Å². The summed E-state index contributed by atoms with van der Waals surface area (Å²) in [7, 11) is 2.14. The minimum Gasteiger partial charge on any atom is -0.249 e. The van der Waals surface area contributed by atoms with Crippen LogP contribution in [-0.2, 0) is 18.0 Å². The molecule has 2 aliphatic rings. The second-order valence-electron chi connectivity index (χ2n) is 7.13. The van der Waals surface area contributed by atoms with Crippen LogP contribution < -0.4 is 9.47 Å². The molecule has 1 aromatic heterocycles. The first-order valence-corrected chi connectivity index (χ1v) is 7.82. The number of aryl methyl sites for hydroxylation is 1. The molecule has 108 valence electrons. The number of nitrogens with zero attached hydrogens (tertiary/aromatic N) is 2. The standard InChI is InChI=1S/C19H23N2/c1-14-18(2)13-19(3,16-10-6-5-9-15(16)18)21(14)17-11-7-8-12-20(17)4/h5-12,14H,13H2,1-4H3/q+1. The number of hydrogen-bond acceptors (Lipinski definition) is 1. The number of benzene rings is 1. The topological polar surface area (TPSA) is 7.12 Å². The average Bonchev–Trinajstić information content (AvgIpc) is 2.83. The van der Waals surface area contributed by atoms with Crippen LogP contribution in [0.15, 0.2) is 48.7 Å². The lowest BCUT2D eigenvalue weighted by atomic mass is 9.78. The number of fused-ring (bicyclic) bond motifs is 5. The lowest BCUT2D eigenvalue weighted by molar-refractivity contribution is -0.659. The minimum atomic E-state index is 0.101. The van der Waals surface area contributed by atoms with Gasteiger partial charge in [-0.05, 0) is 25.5 Å². The molecule has 1 aromatic carbocycles. The monoisotopic (exact) mass is 279 g/mol. The summed E-state index contributed by atoms with van der Waals surface area (Å²) in [5.74, 6) is 1.31. The summed E-state index contributed by atoms with van der Waals surface area (Å²) in [6.45, 7) is 7.23. The SMILES string of the molecule is CC1N(c2cccc[n+]2C)C2(C)CC1(C)c1ccccc12. The number of hydrogen-bond donors (Lipinski definition) is 0. The summed E-state index contributed by atoms with van der Waals surface area (Å²) in [4.78, 5) is 2.63. The van der Waals surface area contributed by atoms with Gasteiger partial charge in [0.05, 0.1) is 13.2 Å². The van der Waals surface area contributed by atoms with Gasteiger partial charge in [-0.3, -0.25) is 0 Å². The lowest BCUT2D eigenvalue weighted by Crippen LogP contribution is -2.53. The van der Waals surface area contributed by atoms with E-state index in [-0.39, 0.29) is 11.0 Å². The van der Waals surface area contributed by atoms with Crippen LogP contribution >= 0.6 is 0 Å². The molecular weight excluding hydrogens is 256 g/mol. The molecule has 0 N–H and O–H groups in total. The van der Waals surface area contributed by atoms with Gasteiger partial charge in [-0.25, -0.2) is 9.47 Å². The Morgan fingerprint density at radius 3 is 2.43 bits per heavy atom. The largest absolute Gasteiger partial charge is 0.277 e. The van der Waals surface area contributed by atoms with Crippen LogP contribution in [0, 0.1) is 0 Å². The van der Waals surface area contributed by atoms with Crippen molar-refractivity contribution in [1.29, 1.82) is 0 Å². The molecule has 0 saturated carbocycles. The zero-order valence-electron chi connectivity index (χ0n) is 13.3. The first kappa shape index (κ1) is 12.9. The summed E-state index contributed by atoms with van der Waals surface area (Å²) in [5, 5.41) is 0. The zero-order valence-corrected chi connectivity index (χ0v) is 13.3. The van der Waals surface area contributed by atoms with Crippen LogP contribution in [0.25, 0.3) is 0 Å².